The standard InChI is InChI=1S/C23H32N4O2/c1-3-24-23(25-16-19-7-9-22(28-2)10-8-19)26-17-20-5-4-6-21(15-20)18-27-11-13-29-14-12-27/h4-10,15H,3,11-14,16-18H2,1-2H3,(H2,24,25,26). The SMILES string of the molecule is CCNC(=NCc1cccc(CN2CCOCC2)c1)NCc1ccc(OC)cc1. The van der Waals surface area contributed by atoms with Crippen molar-refractivity contribution in [2.24, 2.45) is 4.99 Å². The van der Waals surface area contributed by atoms with E-state index in [2.05, 4.69) is 58.9 Å². The van der Waals surface area contributed by atoms with Crippen LogP contribution < -0.4 is 15.4 Å². The van der Waals surface area contributed by atoms with E-state index < -0.39 is 0 Å². The van der Waals surface area contributed by atoms with E-state index in [1.807, 2.05) is 12.1 Å². The molecule has 1 aliphatic heterocycles. The monoisotopic (exact) mass is 396 g/mol. The minimum atomic E-state index is 0.648. The number of ether oxygens (including phenoxy) is 2. The van der Waals surface area contributed by atoms with Gasteiger partial charge in [0.15, 0.2) is 5.96 Å². The first-order chi connectivity index (χ1) is 14.3. The molecule has 2 N–H and O–H groups in total. The molecule has 0 spiro atoms. The molecule has 0 amide bonds. The van der Waals surface area contributed by atoms with E-state index >= 15 is 0 Å². The zero-order valence-corrected chi connectivity index (χ0v) is 17.5. The molecule has 1 saturated heterocycles. The highest BCUT2D eigenvalue weighted by molar-refractivity contribution is 5.79. The van der Waals surface area contributed by atoms with Gasteiger partial charge in [-0.1, -0.05) is 36.4 Å². The zero-order chi connectivity index (χ0) is 20.3. The number of morpholine rings is 1. The van der Waals surface area contributed by atoms with Crippen LogP contribution in [0.4, 0.5) is 0 Å². The molecule has 0 aliphatic carbocycles. The highest BCUT2D eigenvalue weighted by Crippen LogP contribution is 2.12. The fourth-order valence-electron chi connectivity index (χ4n) is 3.29. The number of methoxy groups -OCH3 is 1. The lowest BCUT2D eigenvalue weighted by Crippen LogP contribution is -2.36. The van der Waals surface area contributed by atoms with Gasteiger partial charge in [0.2, 0.25) is 0 Å². The van der Waals surface area contributed by atoms with Gasteiger partial charge in [0.1, 0.15) is 5.75 Å². The maximum absolute atomic E-state index is 5.44. The number of nitrogens with one attached hydrogen (secondary N) is 2. The van der Waals surface area contributed by atoms with Crippen LogP contribution in [-0.2, 0) is 24.4 Å². The second-order valence-electron chi connectivity index (χ2n) is 7.11. The van der Waals surface area contributed by atoms with E-state index in [1.165, 1.54) is 16.7 Å². The van der Waals surface area contributed by atoms with Crippen molar-refractivity contribution < 1.29 is 9.47 Å². The Morgan fingerprint density at radius 1 is 1.03 bits per heavy atom. The van der Waals surface area contributed by atoms with Gasteiger partial charge in [-0.2, -0.15) is 0 Å². The van der Waals surface area contributed by atoms with Crippen LogP contribution in [0.15, 0.2) is 53.5 Å². The number of benzene rings is 2. The van der Waals surface area contributed by atoms with Gasteiger partial charge in [-0.15, -0.1) is 0 Å². The van der Waals surface area contributed by atoms with Crippen LogP contribution in [0.1, 0.15) is 23.6 Å². The van der Waals surface area contributed by atoms with Crippen molar-refractivity contribution in [1.82, 2.24) is 15.5 Å². The topological polar surface area (TPSA) is 58.1 Å². The first-order valence-electron chi connectivity index (χ1n) is 10.3. The lowest BCUT2D eigenvalue weighted by Gasteiger charge is -2.26. The molecule has 3 rings (SSSR count). The molecule has 0 radical (unpaired) electrons. The Labute approximate surface area is 173 Å². The van der Waals surface area contributed by atoms with Gasteiger partial charge >= 0.3 is 0 Å². The number of nitrogens with zero attached hydrogens (tertiary/aromatic N) is 2. The van der Waals surface area contributed by atoms with Crippen molar-refractivity contribution >= 4 is 5.96 Å². The van der Waals surface area contributed by atoms with Crippen LogP contribution >= 0.6 is 0 Å². The predicted molar refractivity (Wildman–Crippen MR) is 117 cm³/mol. The van der Waals surface area contributed by atoms with Crippen LogP contribution in [0, 0.1) is 0 Å². The number of hydrogen-bond acceptors (Lipinski definition) is 4. The van der Waals surface area contributed by atoms with Gasteiger partial charge in [-0.25, -0.2) is 4.99 Å². The lowest BCUT2D eigenvalue weighted by atomic mass is 10.1. The van der Waals surface area contributed by atoms with E-state index in [1.54, 1.807) is 7.11 Å². The predicted octanol–water partition coefficient (Wildman–Crippen LogP) is 2.78. The summed E-state index contributed by atoms with van der Waals surface area (Å²) in [6.45, 7) is 8.90. The smallest absolute Gasteiger partial charge is 0.191 e. The summed E-state index contributed by atoms with van der Waals surface area (Å²) >= 11 is 0. The minimum absolute atomic E-state index is 0.648. The molecule has 0 atom stereocenters. The highest BCUT2D eigenvalue weighted by Gasteiger charge is 2.10. The van der Waals surface area contributed by atoms with Crippen LogP contribution in [0.3, 0.4) is 0 Å². The van der Waals surface area contributed by atoms with E-state index in [0.717, 1.165) is 51.1 Å². The van der Waals surface area contributed by atoms with E-state index in [0.29, 0.717) is 13.1 Å². The molecular formula is C23H32N4O2. The minimum Gasteiger partial charge on any atom is -0.497 e. The molecule has 1 heterocycles. The number of rotatable bonds is 8. The van der Waals surface area contributed by atoms with Gasteiger partial charge < -0.3 is 20.1 Å². The van der Waals surface area contributed by atoms with E-state index in [4.69, 9.17) is 14.5 Å². The molecule has 0 saturated carbocycles. The molecule has 29 heavy (non-hydrogen) atoms. The van der Waals surface area contributed by atoms with Crippen molar-refractivity contribution in [2.45, 2.75) is 26.6 Å². The molecule has 0 unspecified atom stereocenters. The van der Waals surface area contributed by atoms with E-state index in [-0.39, 0.29) is 0 Å². The third-order valence-electron chi connectivity index (χ3n) is 4.88. The molecular weight excluding hydrogens is 364 g/mol. The second kappa shape index (κ2) is 11.4. The lowest BCUT2D eigenvalue weighted by molar-refractivity contribution is 0.0342. The maximum atomic E-state index is 5.44. The summed E-state index contributed by atoms with van der Waals surface area (Å²) in [5, 5.41) is 6.72. The molecule has 6 nitrogen and oxygen atoms in total. The van der Waals surface area contributed by atoms with Crippen LogP contribution in [0.25, 0.3) is 0 Å². The largest absolute Gasteiger partial charge is 0.497 e. The molecule has 1 fully saturated rings. The molecule has 0 aromatic heterocycles. The molecule has 2 aromatic rings. The Bertz CT molecular complexity index is 771. The highest BCUT2D eigenvalue weighted by atomic mass is 16.5. The average molecular weight is 397 g/mol. The number of hydrogen-bond donors (Lipinski definition) is 2. The molecule has 1 aliphatic rings. The summed E-state index contributed by atoms with van der Waals surface area (Å²) in [5.41, 5.74) is 3.73. The van der Waals surface area contributed by atoms with Gasteiger partial charge in [0.05, 0.1) is 26.9 Å². The fraction of sp³-hybridized carbons (Fsp3) is 0.435. The fourth-order valence-corrected chi connectivity index (χ4v) is 3.29. The summed E-state index contributed by atoms with van der Waals surface area (Å²) in [7, 11) is 1.68. The van der Waals surface area contributed by atoms with Gasteiger partial charge in [0.25, 0.3) is 0 Å². The molecule has 156 valence electrons. The van der Waals surface area contributed by atoms with Crippen LogP contribution in [0.5, 0.6) is 5.75 Å². The number of guanidine groups is 1. The van der Waals surface area contributed by atoms with Crippen molar-refractivity contribution in [2.75, 3.05) is 40.0 Å². The molecule has 0 bridgehead atoms. The van der Waals surface area contributed by atoms with Gasteiger partial charge in [0, 0.05) is 32.7 Å². The van der Waals surface area contributed by atoms with Gasteiger partial charge in [-0.3, -0.25) is 4.90 Å². The van der Waals surface area contributed by atoms with Crippen LogP contribution in [-0.4, -0.2) is 50.8 Å². The van der Waals surface area contributed by atoms with Crippen molar-refractivity contribution in [3.05, 3.63) is 65.2 Å². The number of aliphatic imine (C=N–C) groups is 1. The summed E-state index contributed by atoms with van der Waals surface area (Å²) in [6, 6.07) is 16.8. The van der Waals surface area contributed by atoms with Crippen molar-refractivity contribution in [3.63, 3.8) is 0 Å². The Morgan fingerprint density at radius 2 is 1.79 bits per heavy atom. The summed E-state index contributed by atoms with van der Waals surface area (Å²) in [6.07, 6.45) is 0. The third kappa shape index (κ3) is 7.07. The Morgan fingerprint density at radius 3 is 2.52 bits per heavy atom. The molecule has 6 heteroatoms. The summed E-state index contributed by atoms with van der Waals surface area (Å²) in [4.78, 5) is 7.19. The first kappa shape index (κ1) is 21.1. The summed E-state index contributed by atoms with van der Waals surface area (Å²) in [5.74, 6) is 1.69. The molecule has 2 aromatic carbocycles. The van der Waals surface area contributed by atoms with Gasteiger partial charge in [-0.05, 0) is 35.7 Å². The zero-order valence-electron chi connectivity index (χ0n) is 17.5. The Hall–Kier alpha value is -2.57. The Balaban J connectivity index is 1.56. The quantitative estimate of drug-likeness (QED) is 0.531. The first-order valence-corrected chi connectivity index (χ1v) is 10.3. The second-order valence-corrected chi connectivity index (χ2v) is 7.11. The summed E-state index contributed by atoms with van der Waals surface area (Å²) < 4.78 is 10.6. The van der Waals surface area contributed by atoms with Crippen molar-refractivity contribution in [1.29, 1.82) is 0 Å². The van der Waals surface area contributed by atoms with Crippen molar-refractivity contribution in [3.8, 4) is 5.75 Å². The maximum Gasteiger partial charge on any atom is 0.191 e. The van der Waals surface area contributed by atoms with Crippen LogP contribution in [0.2, 0.25) is 0 Å². The average Bonchev–Trinajstić information content (AvgIpc) is 2.77. The van der Waals surface area contributed by atoms with E-state index in [9.17, 15) is 0 Å². The normalized spacial score (nSPS) is 15.2. The Kier molecular flexibility index (Phi) is 8.34. The third-order valence-corrected chi connectivity index (χ3v) is 4.88.